The number of carbonyl (C=O) groups excluding carboxylic acids is 2. The third-order valence-electron chi connectivity index (χ3n) is 4.55. The van der Waals surface area contributed by atoms with Crippen LogP contribution in [0.3, 0.4) is 0 Å². The fourth-order valence-corrected chi connectivity index (χ4v) is 2.90. The Bertz CT molecular complexity index is 868. The average molecular weight is 373 g/mol. The Balaban J connectivity index is 1.67. The molecule has 2 aromatic carbocycles. The summed E-state index contributed by atoms with van der Waals surface area (Å²) in [7, 11) is 0. The molecule has 2 unspecified atom stereocenters. The Morgan fingerprint density at radius 1 is 0.750 bits per heavy atom. The zero-order valence-electron chi connectivity index (χ0n) is 15.9. The maximum Gasteiger partial charge on any atom is 0.270 e. The maximum absolute atomic E-state index is 12.6. The monoisotopic (exact) mass is 373 g/mol. The molecule has 0 spiro atoms. The van der Waals surface area contributed by atoms with Crippen molar-refractivity contribution >= 4 is 11.8 Å². The summed E-state index contributed by atoms with van der Waals surface area (Å²) in [5, 5.41) is 5.86. The van der Waals surface area contributed by atoms with E-state index in [4.69, 9.17) is 0 Å². The molecular weight excluding hydrogens is 350 g/mol. The van der Waals surface area contributed by atoms with Crippen LogP contribution in [0.25, 0.3) is 0 Å². The highest BCUT2D eigenvalue weighted by molar-refractivity contribution is 5.98. The van der Waals surface area contributed by atoms with Gasteiger partial charge in [-0.15, -0.1) is 0 Å². The highest BCUT2D eigenvalue weighted by Gasteiger charge is 2.16. The van der Waals surface area contributed by atoms with Crippen LogP contribution in [0.15, 0.2) is 79.0 Å². The van der Waals surface area contributed by atoms with E-state index in [1.54, 1.807) is 6.07 Å². The van der Waals surface area contributed by atoms with E-state index >= 15 is 0 Å². The predicted molar refractivity (Wildman–Crippen MR) is 109 cm³/mol. The first-order chi connectivity index (χ1) is 13.5. The maximum atomic E-state index is 12.6. The molecule has 5 heteroatoms. The SMILES string of the molecule is CC(NC(=O)c1ccnc(C(=O)NC(C)c2ccccc2)c1)c1ccccc1. The Morgan fingerprint density at radius 3 is 1.79 bits per heavy atom. The first-order valence-electron chi connectivity index (χ1n) is 9.22. The van der Waals surface area contributed by atoms with Gasteiger partial charge in [0.15, 0.2) is 0 Å². The molecule has 0 fully saturated rings. The normalized spacial score (nSPS) is 12.6. The number of carbonyl (C=O) groups is 2. The van der Waals surface area contributed by atoms with Crippen LogP contribution in [0.2, 0.25) is 0 Å². The lowest BCUT2D eigenvalue weighted by molar-refractivity contribution is 0.0935. The van der Waals surface area contributed by atoms with Gasteiger partial charge >= 0.3 is 0 Å². The number of rotatable bonds is 6. The van der Waals surface area contributed by atoms with Crippen molar-refractivity contribution in [1.82, 2.24) is 15.6 Å². The highest BCUT2D eigenvalue weighted by atomic mass is 16.2. The van der Waals surface area contributed by atoms with Gasteiger partial charge in [-0.05, 0) is 37.1 Å². The molecule has 2 atom stereocenters. The molecule has 28 heavy (non-hydrogen) atoms. The van der Waals surface area contributed by atoms with E-state index in [0.717, 1.165) is 11.1 Å². The largest absolute Gasteiger partial charge is 0.346 e. The van der Waals surface area contributed by atoms with E-state index in [0.29, 0.717) is 5.56 Å². The molecule has 3 rings (SSSR count). The van der Waals surface area contributed by atoms with E-state index in [9.17, 15) is 9.59 Å². The van der Waals surface area contributed by atoms with Crippen LogP contribution < -0.4 is 10.6 Å². The Morgan fingerprint density at radius 2 is 1.25 bits per heavy atom. The minimum absolute atomic E-state index is 0.141. The summed E-state index contributed by atoms with van der Waals surface area (Å²) < 4.78 is 0. The second-order valence-electron chi connectivity index (χ2n) is 6.64. The van der Waals surface area contributed by atoms with Gasteiger partial charge in [-0.2, -0.15) is 0 Å². The fraction of sp³-hybridized carbons (Fsp3) is 0.174. The van der Waals surface area contributed by atoms with Gasteiger partial charge < -0.3 is 10.6 Å². The molecule has 2 amide bonds. The van der Waals surface area contributed by atoms with E-state index in [1.165, 1.54) is 12.3 Å². The minimum Gasteiger partial charge on any atom is -0.346 e. The van der Waals surface area contributed by atoms with Crippen molar-refractivity contribution in [3.05, 3.63) is 101 Å². The molecule has 3 aromatic rings. The van der Waals surface area contributed by atoms with Crippen LogP contribution in [0.1, 0.15) is 57.9 Å². The lowest BCUT2D eigenvalue weighted by Crippen LogP contribution is -2.29. The molecule has 1 heterocycles. The van der Waals surface area contributed by atoms with Gasteiger partial charge in [0.1, 0.15) is 5.69 Å². The standard InChI is InChI=1S/C23H23N3O2/c1-16(18-9-5-3-6-10-18)25-22(27)20-13-14-24-21(15-20)23(28)26-17(2)19-11-7-4-8-12-19/h3-17H,1-2H3,(H,25,27)(H,26,28). The second kappa shape index (κ2) is 8.95. The number of hydrogen-bond acceptors (Lipinski definition) is 3. The van der Waals surface area contributed by atoms with Crippen molar-refractivity contribution in [2.24, 2.45) is 0 Å². The van der Waals surface area contributed by atoms with E-state index in [1.807, 2.05) is 74.5 Å². The van der Waals surface area contributed by atoms with E-state index in [-0.39, 0.29) is 29.6 Å². The van der Waals surface area contributed by atoms with Gasteiger partial charge in [-0.25, -0.2) is 0 Å². The van der Waals surface area contributed by atoms with E-state index < -0.39 is 0 Å². The third kappa shape index (κ3) is 4.82. The highest BCUT2D eigenvalue weighted by Crippen LogP contribution is 2.14. The van der Waals surface area contributed by atoms with Gasteiger partial charge in [0, 0.05) is 11.8 Å². The quantitative estimate of drug-likeness (QED) is 0.684. The molecule has 0 saturated heterocycles. The summed E-state index contributed by atoms with van der Waals surface area (Å²) in [6.45, 7) is 3.83. The average Bonchev–Trinajstić information content (AvgIpc) is 2.75. The predicted octanol–water partition coefficient (Wildman–Crippen LogP) is 4.06. The van der Waals surface area contributed by atoms with Crippen LogP contribution in [0, 0.1) is 0 Å². The van der Waals surface area contributed by atoms with Crippen LogP contribution in [-0.4, -0.2) is 16.8 Å². The topological polar surface area (TPSA) is 71.1 Å². The zero-order chi connectivity index (χ0) is 19.9. The van der Waals surface area contributed by atoms with Crippen molar-refractivity contribution in [2.75, 3.05) is 0 Å². The van der Waals surface area contributed by atoms with Crippen LogP contribution in [-0.2, 0) is 0 Å². The molecule has 0 saturated carbocycles. The number of nitrogens with zero attached hydrogens (tertiary/aromatic N) is 1. The summed E-state index contributed by atoms with van der Waals surface area (Å²) in [5.41, 5.74) is 2.62. The summed E-state index contributed by atoms with van der Waals surface area (Å²) in [6, 6.07) is 22.2. The molecule has 2 N–H and O–H groups in total. The van der Waals surface area contributed by atoms with Crippen LogP contribution in [0.4, 0.5) is 0 Å². The zero-order valence-corrected chi connectivity index (χ0v) is 15.9. The molecule has 0 aliphatic rings. The number of nitrogens with one attached hydrogen (secondary N) is 2. The summed E-state index contributed by atoms with van der Waals surface area (Å²) in [6.07, 6.45) is 1.48. The summed E-state index contributed by atoms with van der Waals surface area (Å²) in [5.74, 6) is -0.564. The van der Waals surface area contributed by atoms with Crippen molar-refractivity contribution < 1.29 is 9.59 Å². The van der Waals surface area contributed by atoms with Crippen molar-refractivity contribution in [3.63, 3.8) is 0 Å². The van der Waals surface area contributed by atoms with Crippen molar-refractivity contribution in [1.29, 1.82) is 0 Å². The summed E-state index contributed by atoms with van der Waals surface area (Å²) in [4.78, 5) is 29.2. The van der Waals surface area contributed by atoms with Crippen LogP contribution >= 0.6 is 0 Å². The molecule has 0 aliphatic heterocycles. The molecule has 5 nitrogen and oxygen atoms in total. The fourth-order valence-electron chi connectivity index (χ4n) is 2.90. The lowest BCUT2D eigenvalue weighted by Gasteiger charge is -2.15. The number of amides is 2. The third-order valence-corrected chi connectivity index (χ3v) is 4.55. The minimum atomic E-state index is -0.317. The number of hydrogen-bond donors (Lipinski definition) is 2. The van der Waals surface area contributed by atoms with E-state index in [2.05, 4.69) is 15.6 Å². The van der Waals surface area contributed by atoms with Gasteiger partial charge in [0.25, 0.3) is 11.8 Å². The van der Waals surface area contributed by atoms with Gasteiger partial charge in [0.2, 0.25) is 0 Å². The van der Waals surface area contributed by atoms with Gasteiger partial charge in [-0.3, -0.25) is 14.6 Å². The van der Waals surface area contributed by atoms with Crippen molar-refractivity contribution in [3.8, 4) is 0 Å². The molecule has 142 valence electrons. The van der Waals surface area contributed by atoms with Crippen LogP contribution in [0.5, 0.6) is 0 Å². The van der Waals surface area contributed by atoms with Gasteiger partial charge in [-0.1, -0.05) is 60.7 Å². The molecule has 0 bridgehead atoms. The first-order valence-corrected chi connectivity index (χ1v) is 9.22. The lowest BCUT2D eigenvalue weighted by atomic mass is 10.1. The number of benzene rings is 2. The van der Waals surface area contributed by atoms with Gasteiger partial charge in [0.05, 0.1) is 12.1 Å². The first kappa shape index (κ1) is 19.3. The number of pyridine rings is 1. The molecule has 1 aromatic heterocycles. The Kier molecular flexibility index (Phi) is 6.17. The summed E-state index contributed by atoms with van der Waals surface area (Å²) >= 11 is 0. The molecular formula is C23H23N3O2. The number of aromatic nitrogens is 1. The molecule has 0 aliphatic carbocycles. The molecule has 0 radical (unpaired) electrons. The Labute approximate surface area is 164 Å². The Hall–Kier alpha value is -3.47. The van der Waals surface area contributed by atoms with Crippen molar-refractivity contribution in [2.45, 2.75) is 25.9 Å². The second-order valence-corrected chi connectivity index (χ2v) is 6.64. The smallest absolute Gasteiger partial charge is 0.270 e.